The van der Waals surface area contributed by atoms with E-state index in [0.717, 1.165) is 68.4 Å². The zero-order chi connectivity index (χ0) is 36.9. The minimum atomic E-state index is -0.456. The molecule has 3 N–H and O–H groups in total. The van der Waals surface area contributed by atoms with E-state index in [0.29, 0.717) is 46.6 Å². The van der Waals surface area contributed by atoms with E-state index in [2.05, 4.69) is 38.0 Å². The van der Waals surface area contributed by atoms with Gasteiger partial charge in [-0.15, -0.1) is 0 Å². The number of carbonyl (C=O) groups is 1. The Bertz CT molecular complexity index is 1740. The fourth-order valence-corrected chi connectivity index (χ4v) is 7.71. The van der Waals surface area contributed by atoms with Gasteiger partial charge in [-0.3, -0.25) is 4.79 Å². The number of hydrogen-bond acceptors (Lipinski definition) is 9. The SMILES string of the molecule is CCOc1cc2c(cc1NC(=O)CCCN(C)C)C(Nc1ccc(OCc3cccc(C#N)n3)c(Cl)c1)C(C#N)C1(CCCCCCCCCC1)N2. The van der Waals surface area contributed by atoms with E-state index in [1.54, 1.807) is 18.2 Å². The second-order valence-corrected chi connectivity index (χ2v) is 14.6. The number of benzene rings is 2. The molecule has 1 spiro atoms. The number of nitriles is 2. The highest BCUT2D eigenvalue weighted by Gasteiger charge is 2.48. The number of carbonyl (C=O) groups excluding carboxylic acids is 1. The normalized spacial score (nSPS) is 18.5. The second-order valence-electron chi connectivity index (χ2n) is 14.2. The monoisotopic (exact) mass is 725 g/mol. The molecule has 1 aliphatic carbocycles. The van der Waals surface area contributed by atoms with Gasteiger partial charge < -0.3 is 30.3 Å². The average molecular weight is 726 g/mol. The van der Waals surface area contributed by atoms with Crippen LogP contribution in [-0.2, 0) is 11.4 Å². The third kappa shape index (κ3) is 10.1. The molecule has 0 radical (unpaired) electrons. The van der Waals surface area contributed by atoms with Gasteiger partial charge in [-0.25, -0.2) is 4.98 Å². The number of anilines is 3. The maximum absolute atomic E-state index is 13.1. The lowest BCUT2D eigenvalue weighted by molar-refractivity contribution is -0.116. The molecule has 0 bridgehead atoms. The second kappa shape index (κ2) is 18.8. The molecule has 1 saturated carbocycles. The Morgan fingerprint density at radius 3 is 2.38 bits per heavy atom. The van der Waals surface area contributed by atoms with Gasteiger partial charge in [0.1, 0.15) is 29.9 Å². The molecule has 1 aliphatic heterocycles. The first-order valence-electron chi connectivity index (χ1n) is 18.7. The number of fused-ring (bicyclic) bond motifs is 1. The zero-order valence-corrected chi connectivity index (χ0v) is 31.5. The molecule has 2 heterocycles. The van der Waals surface area contributed by atoms with Gasteiger partial charge in [0.05, 0.1) is 46.6 Å². The van der Waals surface area contributed by atoms with Crippen molar-refractivity contribution in [3.05, 3.63) is 70.5 Å². The van der Waals surface area contributed by atoms with Crippen LogP contribution in [0.3, 0.4) is 0 Å². The lowest BCUT2D eigenvalue weighted by atomic mass is 9.68. The largest absolute Gasteiger partial charge is 0.492 e. The van der Waals surface area contributed by atoms with Crippen molar-refractivity contribution in [3.63, 3.8) is 0 Å². The highest BCUT2D eigenvalue weighted by atomic mass is 35.5. The lowest BCUT2D eigenvalue weighted by Gasteiger charge is -2.48. The van der Waals surface area contributed by atoms with Crippen LogP contribution in [0.4, 0.5) is 17.1 Å². The summed E-state index contributed by atoms with van der Waals surface area (Å²) in [5.74, 6) is 0.592. The van der Waals surface area contributed by atoms with E-state index in [1.807, 2.05) is 51.4 Å². The van der Waals surface area contributed by atoms with Crippen LogP contribution >= 0.6 is 11.6 Å². The number of nitrogens with zero attached hydrogens (tertiary/aromatic N) is 4. The Labute approximate surface area is 313 Å². The summed E-state index contributed by atoms with van der Waals surface area (Å²) >= 11 is 6.79. The Hall–Kier alpha value is -4.51. The van der Waals surface area contributed by atoms with Crippen molar-refractivity contribution in [2.45, 2.75) is 102 Å². The van der Waals surface area contributed by atoms with E-state index in [4.69, 9.17) is 21.1 Å². The number of aromatic nitrogens is 1. The zero-order valence-electron chi connectivity index (χ0n) is 30.8. The number of rotatable bonds is 12. The predicted molar refractivity (Wildman–Crippen MR) is 207 cm³/mol. The Kier molecular flexibility index (Phi) is 14.0. The molecule has 10 nitrogen and oxygen atoms in total. The molecule has 276 valence electrons. The maximum atomic E-state index is 13.1. The third-order valence-electron chi connectivity index (χ3n) is 10.1. The van der Waals surface area contributed by atoms with Crippen LogP contribution in [0.2, 0.25) is 5.02 Å². The van der Waals surface area contributed by atoms with Crippen LogP contribution < -0.4 is 25.4 Å². The maximum Gasteiger partial charge on any atom is 0.224 e. The Morgan fingerprint density at radius 1 is 1.00 bits per heavy atom. The number of nitrogens with one attached hydrogen (secondary N) is 3. The highest BCUT2D eigenvalue weighted by Crippen LogP contribution is 2.51. The minimum Gasteiger partial charge on any atom is -0.492 e. The molecule has 1 aromatic heterocycles. The number of ether oxygens (including phenoxy) is 2. The quantitative estimate of drug-likeness (QED) is 0.167. The predicted octanol–water partition coefficient (Wildman–Crippen LogP) is 9.24. The van der Waals surface area contributed by atoms with Crippen molar-refractivity contribution in [2.24, 2.45) is 5.92 Å². The molecule has 1 fully saturated rings. The summed E-state index contributed by atoms with van der Waals surface area (Å²) in [5, 5.41) is 31.4. The van der Waals surface area contributed by atoms with E-state index in [-0.39, 0.29) is 12.5 Å². The topological polar surface area (TPSA) is 135 Å². The summed E-state index contributed by atoms with van der Waals surface area (Å²) in [7, 11) is 3.99. The Balaban J connectivity index is 1.49. The summed E-state index contributed by atoms with van der Waals surface area (Å²) in [6, 6.07) is 19.1. The van der Waals surface area contributed by atoms with Crippen LogP contribution in [0.25, 0.3) is 0 Å². The fraction of sp³-hybridized carbons (Fsp3) is 0.512. The molecule has 2 unspecified atom stereocenters. The average Bonchev–Trinajstić information content (AvgIpc) is 3.17. The van der Waals surface area contributed by atoms with Gasteiger partial charge in [-0.05, 0) is 83.2 Å². The molecular formula is C41H52ClN7O3. The summed E-state index contributed by atoms with van der Waals surface area (Å²) in [6.07, 6.45) is 12.2. The molecule has 1 amide bonds. The standard InChI is InChI=1S/C41H52ClN7O3/c1-4-51-38-25-35-32(24-36(38)47-39(50)17-14-22-49(2)3)40(33(27-44)41(48-35)20-11-9-7-5-6-8-10-12-21-41)46-29-18-19-37(34(42)23-29)52-28-31-16-13-15-30(26-43)45-31/h13,15-16,18-19,23-25,33,40,46,48H,4-12,14,17,20-22,28H2,1-3H3,(H,47,50). The van der Waals surface area contributed by atoms with Gasteiger partial charge >= 0.3 is 0 Å². The lowest BCUT2D eigenvalue weighted by Crippen LogP contribution is -2.52. The van der Waals surface area contributed by atoms with Crippen molar-refractivity contribution in [1.82, 2.24) is 9.88 Å². The summed E-state index contributed by atoms with van der Waals surface area (Å²) in [6.45, 7) is 3.36. The first-order valence-corrected chi connectivity index (χ1v) is 19.1. The molecule has 5 rings (SSSR count). The van der Waals surface area contributed by atoms with Gasteiger partial charge in [-0.2, -0.15) is 10.5 Å². The highest BCUT2D eigenvalue weighted by molar-refractivity contribution is 6.32. The first-order chi connectivity index (χ1) is 25.2. The van der Waals surface area contributed by atoms with E-state index < -0.39 is 17.5 Å². The number of pyridine rings is 1. The molecule has 52 heavy (non-hydrogen) atoms. The van der Waals surface area contributed by atoms with Gasteiger partial charge in [0.15, 0.2) is 0 Å². The van der Waals surface area contributed by atoms with Crippen molar-refractivity contribution in [1.29, 1.82) is 10.5 Å². The van der Waals surface area contributed by atoms with E-state index >= 15 is 0 Å². The molecule has 0 saturated heterocycles. The third-order valence-corrected chi connectivity index (χ3v) is 10.4. The van der Waals surface area contributed by atoms with Gasteiger partial charge in [-0.1, -0.05) is 69.0 Å². The van der Waals surface area contributed by atoms with Crippen LogP contribution in [-0.4, -0.2) is 48.6 Å². The van der Waals surface area contributed by atoms with Gasteiger partial charge in [0, 0.05) is 29.4 Å². The van der Waals surface area contributed by atoms with E-state index in [9.17, 15) is 15.3 Å². The molecule has 2 atom stereocenters. The molecule has 2 aromatic carbocycles. The smallest absolute Gasteiger partial charge is 0.224 e. The van der Waals surface area contributed by atoms with Crippen molar-refractivity contribution < 1.29 is 14.3 Å². The summed E-state index contributed by atoms with van der Waals surface area (Å²) < 4.78 is 12.1. The van der Waals surface area contributed by atoms with Gasteiger partial charge in [0.25, 0.3) is 0 Å². The minimum absolute atomic E-state index is 0.0790. The number of hydrogen-bond donors (Lipinski definition) is 3. The van der Waals surface area contributed by atoms with Crippen LogP contribution in [0.1, 0.15) is 107 Å². The van der Waals surface area contributed by atoms with Crippen molar-refractivity contribution in [3.8, 4) is 23.6 Å². The first kappa shape index (κ1) is 38.7. The molecule has 11 heteroatoms. The summed E-state index contributed by atoms with van der Waals surface area (Å²) in [5.41, 5.74) is 3.63. The number of halogens is 1. The van der Waals surface area contributed by atoms with Gasteiger partial charge in [0.2, 0.25) is 5.91 Å². The van der Waals surface area contributed by atoms with Crippen LogP contribution in [0, 0.1) is 28.6 Å². The van der Waals surface area contributed by atoms with Crippen LogP contribution in [0.15, 0.2) is 48.5 Å². The molecular weight excluding hydrogens is 674 g/mol. The molecule has 3 aromatic rings. The number of amides is 1. The Morgan fingerprint density at radius 2 is 1.73 bits per heavy atom. The summed E-state index contributed by atoms with van der Waals surface area (Å²) in [4.78, 5) is 19.5. The molecule has 2 aliphatic rings. The van der Waals surface area contributed by atoms with Crippen LogP contribution in [0.5, 0.6) is 11.5 Å². The van der Waals surface area contributed by atoms with Crippen molar-refractivity contribution in [2.75, 3.05) is 43.2 Å². The van der Waals surface area contributed by atoms with E-state index in [1.165, 1.54) is 25.7 Å². The van der Waals surface area contributed by atoms with Crippen molar-refractivity contribution >= 4 is 34.6 Å². The fourth-order valence-electron chi connectivity index (χ4n) is 7.47.